The molecule has 0 aliphatic carbocycles. The summed E-state index contributed by atoms with van der Waals surface area (Å²) in [5, 5.41) is 0. The van der Waals surface area contributed by atoms with Gasteiger partial charge in [-0.3, -0.25) is 20.6 Å². The van der Waals surface area contributed by atoms with Crippen molar-refractivity contribution in [2.45, 2.75) is 32.7 Å². The lowest BCUT2D eigenvalue weighted by Crippen LogP contribution is -2.29. The molecular formula is C7H13N3O. The lowest BCUT2D eigenvalue weighted by Gasteiger charge is -2.02. The summed E-state index contributed by atoms with van der Waals surface area (Å²) in [5.41, 5.74) is 5.20. The van der Waals surface area contributed by atoms with Crippen LogP contribution in [0.3, 0.4) is 0 Å². The van der Waals surface area contributed by atoms with Gasteiger partial charge in [0.2, 0.25) is 5.91 Å². The Labute approximate surface area is 66.0 Å². The molecule has 0 aromatic rings. The maximum absolute atomic E-state index is 10.7. The van der Waals surface area contributed by atoms with E-state index in [4.69, 9.17) is 0 Å². The summed E-state index contributed by atoms with van der Waals surface area (Å²) >= 11 is 0. The monoisotopic (exact) mass is 155 g/mol. The van der Waals surface area contributed by atoms with E-state index in [9.17, 15) is 4.79 Å². The number of amidine groups is 1. The Morgan fingerprint density at radius 1 is 1.64 bits per heavy atom. The third-order valence-electron chi connectivity index (χ3n) is 1.64. The van der Waals surface area contributed by atoms with Gasteiger partial charge in [0.1, 0.15) is 5.84 Å². The summed E-state index contributed by atoms with van der Waals surface area (Å²) in [6.07, 6.45) is 1.39. The summed E-state index contributed by atoms with van der Waals surface area (Å²) in [5.74, 6) is 0.747. The Bertz CT molecular complexity index is 188. The van der Waals surface area contributed by atoms with Crippen molar-refractivity contribution in [1.82, 2.24) is 10.9 Å². The summed E-state index contributed by atoms with van der Waals surface area (Å²) in [7, 11) is 0. The zero-order chi connectivity index (χ0) is 8.27. The Hall–Kier alpha value is -1.06. The molecule has 1 heterocycles. The van der Waals surface area contributed by atoms with E-state index in [0.29, 0.717) is 12.5 Å². The van der Waals surface area contributed by atoms with Crippen LogP contribution >= 0.6 is 0 Å². The van der Waals surface area contributed by atoms with Crippen LogP contribution in [0.4, 0.5) is 0 Å². The zero-order valence-corrected chi connectivity index (χ0v) is 6.85. The van der Waals surface area contributed by atoms with Crippen molar-refractivity contribution in [2.24, 2.45) is 4.99 Å². The van der Waals surface area contributed by atoms with Crippen LogP contribution < -0.4 is 10.9 Å². The smallest absolute Gasteiger partial charge is 0.245 e. The number of rotatable bonds is 2. The minimum atomic E-state index is -0.00736. The molecule has 0 saturated carbocycles. The average Bonchev–Trinajstić information content (AvgIpc) is 2.35. The van der Waals surface area contributed by atoms with Gasteiger partial charge >= 0.3 is 0 Å². The molecule has 1 aliphatic heterocycles. The molecule has 0 aromatic carbocycles. The van der Waals surface area contributed by atoms with E-state index in [1.54, 1.807) is 0 Å². The van der Waals surface area contributed by atoms with Gasteiger partial charge in [-0.25, -0.2) is 0 Å². The molecule has 1 rings (SSSR count). The lowest BCUT2D eigenvalue weighted by atomic mass is 10.3. The molecule has 1 atom stereocenters. The van der Waals surface area contributed by atoms with Gasteiger partial charge in [-0.05, 0) is 13.3 Å². The number of carbonyl (C=O) groups excluding carboxylic acids is 1. The second kappa shape index (κ2) is 3.37. The van der Waals surface area contributed by atoms with E-state index in [0.717, 1.165) is 12.3 Å². The molecule has 0 radical (unpaired) electrons. The first-order valence-corrected chi connectivity index (χ1v) is 3.84. The standard InChI is InChI=1S/C7H13N3O/c1-3-5(2)8-6-4-7(11)10-9-6/h5H,3-4H2,1-2H3,(H,8,9)(H,10,11)/t5-/m0/s1. The van der Waals surface area contributed by atoms with Crippen LogP contribution in [-0.4, -0.2) is 17.8 Å². The quantitative estimate of drug-likeness (QED) is 0.599. The van der Waals surface area contributed by atoms with Gasteiger partial charge in [0.25, 0.3) is 0 Å². The summed E-state index contributed by atoms with van der Waals surface area (Å²) < 4.78 is 0. The fourth-order valence-electron chi connectivity index (χ4n) is 0.818. The van der Waals surface area contributed by atoms with Crippen molar-refractivity contribution in [3.63, 3.8) is 0 Å². The van der Waals surface area contributed by atoms with E-state index in [1.165, 1.54) is 0 Å². The highest BCUT2D eigenvalue weighted by atomic mass is 16.2. The van der Waals surface area contributed by atoms with Crippen molar-refractivity contribution < 1.29 is 4.79 Å². The SMILES string of the molecule is CC[C@H](C)N=C1CC(=O)NN1. The molecule has 62 valence electrons. The van der Waals surface area contributed by atoms with Crippen LogP contribution in [0.1, 0.15) is 26.7 Å². The molecule has 0 aromatic heterocycles. The first-order chi connectivity index (χ1) is 5.22. The largest absolute Gasteiger partial charge is 0.285 e. The maximum atomic E-state index is 10.7. The molecule has 1 saturated heterocycles. The molecular weight excluding hydrogens is 142 g/mol. The topological polar surface area (TPSA) is 53.5 Å². The van der Waals surface area contributed by atoms with Gasteiger partial charge in [0.05, 0.1) is 6.42 Å². The Morgan fingerprint density at radius 3 is 2.82 bits per heavy atom. The van der Waals surface area contributed by atoms with E-state index in [-0.39, 0.29) is 5.91 Å². The summed E-state index contributed by atoms with van der Waals surface area (Å²) in [6.45, 7) is 4.09. The van der Waals surface area contributed by atoms with Crippen LogP contribution in [0.5, 0.6) is 0 Å². The normalized spacial score (nSPS) is 23.1. The van der Waals surface area contributed by atoms with Gasteiger partial charge < -0.3 is 0 Å². The first-order valence-electron chi connectivity index (χ1n) is 3.84. The van der Waals surface area contributed by atoms with E-state index in [2.05, 4.69) is 22.8 Å². The number of hydrogen-bond acceptors (Lipinski definition) is 2. The number of hydrogen-bond donors (Lipinski definition) is 2. The second-order valence-electron chi connectivity index (χ2n) is 2.68. The third-order valence-corrected chi connectivity index (χ3v) is 1.64. The number of carbonyl (C=O) groups is 1. The van der Waals surface area contributed by atoms with Gasteiger partial charge in [-0.15, -0.1) is 0 Å². The van der Waals surface area contributed by atoms with Crippen molar-refractivity contribution in [3.05, 3.63) is 0 Å². The number of aliphatic imine (C=N–C) groups is 1. The number of amides is 1. The Kier molecular flexibility index (Phi) is 2.46. The molecule has 2 N–H and O–H groups in total. The van der Waals surface area contributed by atoms with Crippen LogP contribution in [0.2, 0.25) is 0 Å². The fourth-order valence-corrected chi connectivity index (χ4v) is 0.818. The molecule has 4 heteroatoms. The highest BCUT2D eigenvalue weighted by Gasteiger charge is 2.15. The van der Waals surface area contributed by atoms with Crippen LogP contribution in [-0.2, 0) is 4.79 Å². The molecule has 4 nitrogen and oxygen atoms in total. The lowest BCUT2D eigenvalue weighted by molar-refractivity contribution is -0.119. The maximum Gasteiger partial charge on any atom is 0.245 e. The average molecular weight is 155 g/mol. The second-order valence-corrected chi connectivity index (χ2v) is 2.68. The predicted molar refractivity (Wildman–Crippen MR) is 43.1 cm³/mol. The highest BCUT2D eigenvalue weighted by Crippen LogP contribution is 1.98. The van der Waals surface area contributed by atoms with Gasteiger partial charge in [0.15, 0.2) is 0 Å². The number of nitrogens with one attached hydrogen (secondary N) is 2. The van der Waals surface area contributed by atoms with Crippen molar-refractivity contribution in [1.29, 1.82) is 0 Å². The molecule has 0 bridgehead atoms. The zero-order valence-electron chi connectivity index (χ0n) is 6.85. The molecule has 0 spiro atoms. The molecule has 11 heavy (non-hydrogen) atoms. The highest BCUT2D eigenvalue weighted by molar-refractivity contribution is 6.04. The van der Waals surface area contributed by atoms with Crippen LogP contribution in [0.15, 0.2) is 4.99 Å². The van der Waals surface area contributed by atoms with Crippen molar-refractivity contribution >= 4 is 11.7 Å². The summed E-state index contributed by atoms with van der Waals surface area (Å²) in [6, 6.07) is 0.296. The predicted octanol–water partition coefficient (Wildman–Crippen LogP) is 0.208. The number of nitrogens with zero attached hydrogens (tertiary/aromatic N) is 1. The van der Waals surface area contributed by atoms with E-state index >= 15 is 0 Å². The van der Waals surface area contributed by atoms with Crippen molar-refractivity contribution in [2.75, 3.05) is 0 Å². The first kappa shape index (κ1) is 8.04. The van der Waals surface area contributed by atoms with Crippen molar-refractivity contribution in [3.8, 4) is 0 Å². The fraction of sp³-hybridized carbons (Fsp3) is 0.714. The minimum Gasteiger partial charge on any atom is -0.285 e. The van der Waals surface area contributed by atoms with Crippen LogP contribution in [0.25, 0.3) is 0 Å². The third kappa shape index (κ3) is 2.22. The Morgan fingerprint density at radius 2 is 2.36 bits per heavy atom. The van der Waals surface area contributed by atoms with E-state index in [1.807, 2.05) is 6.92 Å². The molecule has 1 aliphatic rings. The molecule has 1 amide bonds. The minimum absolute atomic E-state index is 0.00736. The van der Waals surface area contributed by atoms with E-state index < -0.39 is 0 Å². The number of hydrazine groups is 1. The van der Waals surface area contributed by atoms with Gasteiger partial charge in [-0.1, -0.05) is 6.92 Å². The Balaban J connectivity index is 2.47. The molecule has 0 unspecified atom stereocenters. The van der Waals surface area contributed by atoms with Gasteiger partial charge in [-0.2, -0.15) is 0 Å². The van der Waals surface area contributed by atoms with Crippen LogP contribution in [0, 0.1) is 0 Å². The summed E-state index contributed by atoms with van der Waals surface area (Å²) in [4.78, 5) is 14.9. The molecule has 1 fully saturated rings. The van der Waals surface area contributed by atoms with Gasteiger partial charge in [0, 0.05) is 6.04 Å².